The third kappa shape index (κ3) is 4.17. The van der Waals surface area contributed by atoms with Crippen molar-refractivity contribution in [1.29, 1.82) is 0 Å². The van der Waals surface area contributed by atoms with Crippen molar-refractivity contribution in [2.45, 2.75) is 25.8 Å². The molecule has 23 heavy (non-hydrogen) atoms. The number of hydrogen-bond acceptors (Lipinski definition) is 6. The fourth-order valence-electron chi connectivity index (χ4n) is 2.23. The van der Waals surface area contributed by atoms with Crippen molar-refractivity contribution in [3.63, 3.8) is 0 Å². The maximum atomic E-state index is 12.5. The molecule has 8 heteroatoms. The molecule has 0 spiro atoms. The largest absolute Gasteiger partial charge is 0.481 e. The van der Waals surface area contributed by atoms with Crippen LogP contribution in [0.3, 0.4) is 0 Å². The first-order valence-electron chi connectivity index (χ1n) is 6.89. The highest BCUT2D eigenvalue weighted by atomic mass is 32.1. The number of carboxylic acids is 1. The molecule has 2 aromatic heterocycles. The van der Waals surface area contributed by atoms with Crippen molar-refractivity contribution in [1.82, 2.24) is 10.3 Å². The van der Waals surface area contributed by atoms with Crippen LogP contribution in [-0.4, -0.2) is 41.2 Å². The Morgan fingerprint density at radius 3 is 2.83 bits per heavy atom. The number of aromatic nitrogens is 1. The highest BCUT2D eigenvalue weighted by Crippen LogP contribution is 2.28. The van der Waals surface area contributed by atoms with Crippen LogP contribution < -0.4 is 5.32 Å². The summed E-state index contributed by atoms with van der Waals surface area (Å²) in [6, 6.07) is 3.51. The summed E-state index contributed by atoms with van der Waals surface area (Å²) in [5.74, 6) is -0.865. The number of thiazole rings is 1. The molecule has 1 amide bonds. The molecule has 0 saturated heterocycles. The van der Waals surface area contributed by atoms with Crippen LogP contribution >= 0.6 is 11.3 Å². The summed E-state index contributed by atoms with van der Waals surface area (Å²) in [6.07, 6.45) is 1.29. The first kappa shape index (κ1) is 17.2. The molecule has 2 aromatic rings. The van der Waals surface area contributed by atoms with Crippen molar-refractivity contribution in [3.05, 3.63) is 29.0 Å². The number of carbonyl (C=O) groups is 2. The van der Waals surface area contributed by atoms with Crippen molar-refractivity contribution in [2.24, 2.45) is 0 Å². The van der Waals surface area contributed by atoms with Gasteiger partial charge in [0.25, 0.3) is 5.91 Å². The number of amides is 1. The van der Waals surface area contributed by atoms with Gasteiger partial charge in [0.2, 0.25) is 0 Å². The highest BCUT2D eigenvalue weighted by Gasteiger charge is 2.31. The smallest absolute Gasteiger partial charge is 0.305 e. The van der Waals surface area contributed by atoms with Gasteiger partial charge in [0.15, 0.2) is 10.8 Å². The molecule has 2 heterocycles. The summed E-state index contributed by atoms with van der Waals surface area (Å²) >= 11 is 1.34. The van der Waals surface area contributed by atoms with Crippen LogP contribution in [0.4, 0.5) is 0 Å². The first-order chi connectivity index (χ1) is 10.8. The fourth-order valence-corrected chi connectivity index (χ4v) is 3.11. The number of aliphatic carboxylic acids is 1. The molecule has 0 saturated carbocycles. The number of rotatable bonds is 7. The number of methoxy groups -OCH3 is 1. The molecule has 7 nitrogen and oxygen atoms in total. The van der Waals surface area contributed by atoms with Crippen LogP contribution in [0.5, 0.6) is 0 Å². The van der Waals surface area contributed by atoms with Gasteiger partial charge in [-0.25, -0.2) is 4.98 Å². The number of ether oxygens (including phenoxy) is 1. The molecule has 1 atom stereocenters. The predicted molar refractivity (Wildman–Crippen MR) is 84.6 cm³/mol. The molecule has 0 aromatic carbocycles. The summed E-state index contributed by atoms with van der Waals surface area (Å²) < 4.78 is 10.3. The van der Waals surface area contributed by atoms with Crippen LogP contribution in [0.15, 0.2) is 22.8 Å². The topological polar surface area (TPSA) is 102 Å². The molecule has 0 aliphatic rings. The number of nitrogens with zero attached hydrogens (tertiary/aromatic N) is 1. The maximum absolute atomic E-state index is 12.5. The van der Waals surface area contributed by atoms with Crippen molar-refractivity contribution in [3.8, 4) is 10.8 Å². The fraction of sp³-hybridized carbons (Fsp3) is 0.400. The molecule has 2 N–H and O–H groups in total. The van der Waals surface area contributed by atoms with E-state index in [0.717, 1.165) is 4.88 Å². The van der Waals surface area contributed by atoms with E-state index in [1.54, 1.807) is 26.0 Å². The van der Waals surface area contributed by atoms with Gasteiger partial charge in [-0.15, -0.1) is 11.3 Å². The molecular weight excluding hydrogens is 320 g/mol. The second-order valence-electron chi connectivity index (χ2n) is 5.42. The van der Waals surface area contributed by atoms with Gasteiger partial charge < -0.3 is 19.6 Å². The number of furan rings is 1. The zero-order valence-electron chi connectivity index (χ0n) is 13.1. The monoisotopic (exact) mass is 338 g/mol. The van der Waals surface area contributed by atoms with E-state index in [4.69, 9.17) is 14.3 Å². The summed E-state index contributed by atoms with van der Waals surface area (Å²) in [6.45, 7) is 3.49. The van der Waals surface area contributed by atoms with Crippen molar-refractivity contribution >= 4 is 23.2 Å². The lowest BCUT2D eigenvalue weighted by Gasteiger charge is -2.28. The Bertz CT molecular complexity index is 695. The molecule has 0 radical (unpaired) electrons. The van der Waals surface area contributed by atoms with Gasteiger partial charge in [-0.05, 0) is 26.0 Å². The van der Waals surface area contributed by atoms with Gasteiger partial charge in [0.05, 0.1) is 24.8 Å². The first-order valence-corrected chi connectivity index (χ1v) is 7.71. The summed E-state index contributed by atoms with van der Waals surface area (Å²) in [5, 5.41) is 12.3. The van der Waals surface area contributed by atoms with Gasteiger partial charge in [0, 0.05) is 12.0 Å². The lowest BCUT2D eigenvalue weighted by Crippen LogP contribution is -2.51. The Labute approximate surface area is 137 Å². The van der Waals surface area contributed by atoms with E-state index in [1.807, 2.05) is 0 Å². The van der Waals surface area contributed by atoms with Gasteiger partial charge in [0.1, 0.15) is 5.69 Å². The quantitative estimate of drug-likeness (QED) is 0.803. The van der Waals surface area contributed by atoms with Crippen LogP contribution in [0.25, 0.3) is 10.8 Å². The minimum absolute atomic E-state index is 0.0826. The highest BCUT2D eigenvalue weighted by molar-refractivity contribution is 7.15. The van der Waals surface area contributed by atoms with Crippen LogP contribution in [0, 0.1) is 6.92 Å². The van der Waals surface area contributed by atoms with Gasteiger partial charge in [-0.1, -0.05) is 0 Å². The lowest BCUT2D eigenvalue weighted by molar-refractivity contribution is -0.139. The average Bonchev–Trinajstić information content (AvgIpc) is 3.06. The van der Waals surface area contributed by atoms with E-state index < -0.39 is 17.4 Å². The van der Waals surface area contributed by atoms with Crippen LogP contribution in [0.2, 0.25) is 0 Å². The maximum Gasteiger partial charge on any atom is 0.305 e. The molecular formula is C15H18N2O5S. The third-order valence-electron chi connectivity index (χ3n) is 3.16. The summed E-state index contributed by atoms with van der Waals surface area (Å²) in [7, 11) is 1.45. The Kier molecular flexibility index (Phi) is 5.17. The van der Waals surface area contributed by atoms with Crippen LogP contribution in [-0.2, 0) is 9.53 Å². The molecule has 1 unspecified atom stereocenters. The summed E-state index contributed by atoms with van der Waals surface area (Å²) in [5.41, 5.74) is -0.757. The third-order valence-corrected chi connectivity index (χ3v) is 4.15. The van der Waals surface area contributed by atoms with E-state index in [1.165, 1.54) is 24.7 Å². The van der Waals surface area contributed by atoms with Gasteiger partial charge >= 0.3 is 5.97 Å². The van der Waals surface area contributed by atoms with Gasteiger partial charge in [-0.2, -0.15) is 0 Å². The molecule has 2 rings (SSSR count). The average molecular weight is 338 g/mol. The molecule has 0 bridgehead atoms. The summed E-state index contributed by atoms with van der Waals surface area (Å²) in [4.78, 5) is 28.5. The van der Waals surface area contributed by atoms with Crippen LogP contribution in [0.1, 0.15) is 28.7 Å². The Morgan fingerprint density at radius 2 is 2.26 bits per heavy atom. The van der Waals surface area contributed by atoms with E-state index in [-0.39, 0.29) is 18.7 Å². The number of carboxylic acid groups (broad SMARTS) is 1. The number of nitrogens with one attached hydrogen (secondary N) is 1. The predicted octanol–water partition coefficient (Wildman–Crippen LogP) is 2.32. The zero-order valence-corrected chi connectivity index (χ0v) is 13.9. The minimum Gasteiger partial charge on any atom is -0.481 e. The number of aryl methyl sites for hydroxylation is 1. The molecule has 0 aliphatic heterocycles. The normalized spacial score (nSPS) is 13.5. The number of hydrogen-bond donors (Lipinski definition) is 2. The van der Waals surface area contributed by atoms with E-state index in [2.05, 4.69) is 10.3 Å². The van der Waals surface area contributed by atoms with E-state index in [9.17, 15) is 9.59 Å². The van der Waals surface area contributed by atoms with Gasteiger partial charge in [-0.3, -0.25) is 9.59 Å². The van der Waals surface area contributed by atoms with Crippen molar-refractivity contribution < 1.29 is 23.8 Å². The molecule has 124 valence electrons. The Hall–Kier alpha value is -2.19. The standard InChI is InChI=1S/C15H18N2O5S/c1-9-12(16-14(23-9)10-5-4-6-22-10)13(20)17-15(2,8-21-3)7-11(18)19/h4-6H,7-8H2,1-3H3,(H,17,20)(H,18,19). The Balaban J connectivity index is 2.21. The zero-order chi connectivity index (χ0) is 17.0. The number of carbonyl (C=O) groups excluding carboxylic acids is 1. The SMILES string of the molecule is COCC(C)(CC(=O)O)NC(=O)c1nc(-c2ccco2)sc1C. The molecule has 0 fully saturated rings. The molecule has 0 aliphatic carbocycles. The Morgan fingerprint density at radius 1 is 1.52 bits per heavy atom. The lowest BCUT2D eigenvalue weighted by atomic mass is 9.98. The van der Waals surface area contributed by atoms with Crippen molar-refractivity contribution in [2.75, 3.05) is 13.7 Å². The minimum atomic E-state index is -1.02. The van der Waals surface area contributed by atoms with E-state index in [0.29, 0.717) is 10.8 Å². The second-order valence-corrected chi connectivity index (χ2v) is 6.62. The second kappa shape index (κ2) is 6.93. The van der Waals surface area contributed by atoms with E-state index >= 15 is 0 Å².